The van der Waals surface area contributed by atoms with Gasteiger partial charge in [0.15, 0.2) is 0 Å². The predicted octanol–water partition coefficient (Wildman–Crippen LogP) is 1.85. The average molecular weight is 177 g/mol. The van der Waals surface area contributed by atoms with Crippen LogP contribution in [0.15, 0.2) is 36.9 Å². The Labute approximate surface area is 79.0 Å². The van der Waals surface area contributed by atoms with Gasteiger partial charge in [-0.15, -0.1) is 6.58 Å². The largest absolute Gasteiger partial charge is 0.373 e. The Bertz CT molecular complexity index is 271. The molecule has 2 heteroatoms. The van der Waals surface area contributed by atoms with Gasteiger partial charge in [0, 0.05) is 6.54 Å². The molecule has 2 nitrogen and oxygen atoms in total. The molecule has 0 aromatic heterocycles. The fraction of sp³-hybridized carbons (Fsp3) is 0.273. The van der Waals surface area contributed by atoms with E-state index in [0.29, 0.717) is 19.8 Å². The summed E-state index contributed by atoms with van der Waals surface area (Å²) in [5.74, 6) is 0. The molecule has 1 aromatic rings. The van der Waals surface area contributed by atoms with E-state index in [4.69, 9.17) is 10.5 Å². The summed E-state index contributed by atoms with van der Waals surface area (Å²) in [7, 11) is 0. The molecule has 0 radical (unpaired) electrons. The third-order valence-corrected chi connectivity index (χ3v) is 1.83. The molecule has 0 spiro atoms. The summed E-state index contributed by atoms with van der Waals surface area (Å²) in [4.78, 5) is 0. The van der Waals surface area contributed by atoms with Gasteiger partial charge in [0.05, 0.1) is 13.2 Å². The standard InChI is InChI=1S/C11H15NO/c1-2-7-13-9-11-6-4-3-5-10(11)8-12/h2-6H,1,7-9,12H2. The molecule has 0 saturated heterocycles. The second-order valence-electron chi connectivity index (χ2n) is 2.78. The second-order valence-corrected chi connectivity index (χ2v) is 2.78. The molecule has 70 valence electrons. The van der Waals surface area contributed by atoms with E-state index in [-0.39, 0.29) is 0 Å². The van der Waals surface area contributed by atoms with Crippen LogP contribution in [0.2, 0.25) is 0 Å². The van der Waals surface area contributed by atoms with Gasteiger partial charge >= 0.3 is 0 Å². The molecule has 0 aliphatic rings. The number of rotatable bonds is 5. The van der Waals surface area contributed by atoms with Crippen molar-refractivity contribution >= 4 is 0 Å². The summed E-state index contributed by atoms with van der Waals surface area (Å²) in [6.07, 6.45) is 1.74. The lowest BCUT2D eigenvalue weighted by Crippen LogP contribution is -2.02. The van der Waals surface area contributed by atoms with Crippen molar-refractivity contribution in [2.75, 3.05) is 6.61 Å². The summed E-state index contributed by atoms with van der Waals surface area (Å²) >= 11 is 0. The van der Waals surface area contributed by atoms with Crippen molar-refractivity contribution in [3.63, 3.8) is 0 Å². The first-order valence-electron chi connectivity index (χ1n) is 4.34. The van der Waals surface area contributed by atoms with Gasteiger partial charge < -0.3 is 10.5 Å². The van der Waals surface area contributed by atoms with Crippen molar-refractivity contribution in [2.24, 2.45) is 5.73 Å². The fourth-order valence-electron chi connectivity index (χ4n) is 1.15. The zero-order chi connectivity index (χ0) is 9.52. The van der Waals surface area contributed by atoms with E-state index in [9.17, 15) is 0 Å². The van der Waals surface area contributed by atoms with E-state index in [1.54, 1.807) is 6.08 Å². The first-order valence-corrected chi connectivity index (χ1v) is 4.34. The summed E-state index contributed by atoms with van der Waals surface area (Å²) in [6.45, 7) is 5.34. The Hall–Kier alpha value is -1.12. The fourth-order valence-corrected chi connectivity index (χ4v) is 1.15. The van der Waals surface area contributed by atoms with Crippen LogP contribution >= 0.6 is 0 Å². The van der Waals surface area contributed by atoms with Crippen LogP contribution in [0, 0.1) is 0 Å². The summed E-state index contributed by atoms with van der Waals surface area (Å²) in [6, 6.07) is 8.03. The van der Waals surface area contributed by atoms with E-state index in [2.05, 4.69) is 6.58 Å². The molecule has 13 heavy (non-hydrogen) atoms. The van der Waals surface area contributed by atoms with Crippen LogP contribution < -0.4 is 5.73 Å². The summed E-state index contributed by atoms with van der Waals surface area (Å²) in [5.41, 5.74) is 7.88. The number of nitrogens with two attached hydrogens (primary N) is 1. The number of benzene rings is 1. The highest BCUT2D eigenvalue weighted by atomic mass is 16.5. The van der Waals surface area contributed by atoms with Crippen molar-refractivity contribution in [1.82, 2.24) is 0 Å². The van der Waals surface area contributed by atoms with Gasteiger partial charge in [-0.1, -0.05) is 30.3 Å². The van der Waals surface area contributed by atoms with Gasteiger partial charge in [-0.2, -0.15) is 0 Å². The van der Waals surface area contributed by atoms with E-state index in [1.165, 1.54) is 0 Å². The highest BCUT2D eigenvalue weighted by Crippen LogP contribution is 2.08. The smallest absolute Gasteiger partial charge is 0.0724 e. The molecular formula is C11H15NO. The Morgan fingerprint density at radius 1 is 1.31 bits per heavy atom. The maximum Gasteiger partial charge on any atom is 0.0724 e. The van der Waals surface area contributed by atoms with Crippen LogP contribution in [0.1, 0.15) is 11.1 Å². The third kappa shape index (κ3) is 3.01. The molecule has 0 atom stereocenters. The van der Waals surface area contributed by atoms with Crippen LogP contribution in [0.25, 0.3) is 0 Å². The number of hydrogen-bond donors (Lipinski definition) is 1. The van der Waals surface area contributed by atoms with E-state index >= 15 is 0 Å². The van der Waals surface area contributed by atoms with E-state index in [0.717, 1.165) is 11.1 Å². The lowest BCUT2D eigenvalue weighted by molar-refractivity contribution is 0.148. The lowest BCUT2D eigenvalue weighted by Gasteiger charge is -2.06. The maximum atomic E-state index is 5.58. The quantitative estimate of drug-likeness (QED) is 0.550. The minimum absolute atomic E-state index is 0.563. The monoisotopic (exact) mass is 177 g/mol. The molecule has 1 aromatic carbocycles. The molecule has 0 aliphatic carbocycles. The second kappa shape index (κ2) is 5.51. The van der Waals surface area contributed by atoms with Gasteiger partial charge in [-0.05, 0) is 11.1 Å². The van der Waals surface area contributed by atoms with Crippen LogP contribution in [-0.4, -0.2) is 6.61 Å². The van der Waals surface area contributed by atoms with Gasteiger partial charge in [0.2, 0.25) is 0 Å². The summed E-state index contributed by atoms with van der Waals surface area (Å²) in [5, 5.41) is 0. The van der Waals surface area contributed by atoms with Crippen LogP contribution in [-0.2, 0) is 17.9 Å². The van der Waals surface area contributed by atoms with Gasteiger partial charge in [0.1, 0.15) is 0 Å². The normalized spacial score (nSPS) is 9.92. The summed E-state index contributed by atoms with van der Waals surface area (Å²) < 4.78 is 5.34. The molecule has 0 heterocycles. The van der Waals surface area contributed by atoms with Crippen molar-refractivity contribution in [3.05, 3.63) is 48.0 Å². The Balaban J connectivity index is 2.58. The van der Waals surface area contributed by atoms with Crippen molar-refractivity contribution in [2.45, 2.75) is 13.2 Å². The van der Waals surface area contributed by atoms with Crippen LogP contribution in [0.4, 0.5) is 0 Å². The third-order valence-electron chi connectivity index (χ3n) is 1.83. The number of ether oxygens (including phenoxy) is 1. The SMILES string of the molecule is C=CCOCc1ccccc1CN. The van der Waals surface area contributed by atoms with Crippen LogP contribution in [0.3, 0.4) is 0 Å². The molecular weight excluding hydrogens is 162 g/mol. The zero-order valence-electron chi connectivity index (χ0n) is 7.70. The van der Waals surface area contributed by atoms with E-state index in [1.807, 2.05) is 24.3 Å². The lowest BCUT2D eigenvalue weighted by atomic mass is 10.1. The highest BCUT2D eigenvalue weighted by molar-refractivity contribution is 5.26. The van der Waals surface area contributed by atoms with Gasteiger partial charge in [-0.3, -0.25) is 0 Å². The topological polar surface area (TPSA) is 35.2 Å². The predicted molar refractivity (Wildman–Crippen MR) is 54.2 cm³/mol. The number of hydrogen-bond acceptors (Lipinski definition) is 2. The molecule has 0 amide bonds. The molecule has 0 aliphatic heterocycles. The Morgan fingerprint density at radius 2 is 2.00 bits per heavy atom. The zero-order valence-corrected chi connectivity index (χ0v) is 7.70. The van der Waals surface area contributed by atoms with Crippen molar-refractivity contribution in [1.29, 1.82) is 0 Å². The molecule has 0 bridgehead atoms. The van der Waals surface area contributed by atoms with E-state index < -0.39 is 0 Å². The van der Waals surface area contributed by atoms with Crippen molar-refractivity contribution in [3.8, 4) is 0 Å². The first-order chi connectivity index (χ1) is 6.38. The average Bonchev–Trinajstić information content (AvgIpc) is 2.19. The highest BCUT2D eigenvalue weighted by Gasteiger charge is 1.98. The van der Waals surface area contributed by atoms with Gasteiger partial charge in [0.25, 0.3) is 0 Å². The molecule has 0 saturated carbocycles. The molecule has 1 rings (SSSR count). The first kappa shape index (κ1) is 9.96. The Morgan fingerprint density at radius 3 is 2.62 bits per heavy atom. The molecule has 0 fully saturated rings. The van der Waals surface area contributed by atoms with Crippen LogP contribution in [0.5, 0.6) is 0 Å². The molecule has 2 N–H and O–H groups in total. The van der Waals surface area contributed by atoms with Crippen molar-refractivity contribution < 1.29 is 4.74 Å². The minimum atomic E-state index is 0.563. The molecule has 0 unspecified atom stereocenters. The maximum absolute atomic E-state index is 5.58. The minimum Gasteiger partial charge on any atom is -0.373 e. The Kier molecular flexibility index (Phi) is 4.23. The van der Waals surface area contributed by atoms with Gasteiger partial charge in [-0.25, -0.2) is 0 Å².